The second-order valence-corrected chi connectivity index (χ2v) is 10.6. The molecular weight excluding hydrogens is 544 g/mol. The molecule has 7 aromatic rings. The molecule has 0 atom stereocenters. The maximum atomic E-state index is 6.30. The van der Waals surface area contributed by atoms with Gasteiger partial charge in [-0.3, -0.25) is 9.98 Å². The van der Waals surface area contributed by atoms with Crippen LogP contribution in [0.25, 0.3) is 44.8 Å². The topological polar surface area (TPSA) is 134 Å². The minimum Gasteiger partial charge on any atom is -0.383 e. The van der Waals surface area contributed by atoms with Gasteiger partial charge in [-0.25, -0.2) is 9.97 Å². The van der Waals surface area contributed by atoms with E-state index in [1.165, 1.54) is 0 Å². The van der Waals surface area contributed by atoms with Crippen molar-refractivity contribution < 1.29 is 0 Å². The van der Waals surface area contributed by atoms with Crippen LogP contribution in [0.5, 0.6) is 0 Å². The summed E-state index contributed by atoms with van der Waals surface area (Å²) in [5.74, 6) is 2.55. The number of aliphatic imine (C=N–C) groups is 2. The molecule has 0 aliphatic carbocycles. The predicted molar refractivity (Wildman–Crippen MR) is 178 cm³/mol. The maximum absolute atomic E-state index is 6.30. The molecule has 214 valence electrons. The van der Waals surface area contributed by atoms with Crippen LogP contribution in [0.3, 0.4) is 0 Å². The molecule has 0 bridgehead atoms. The fourth-order valence-corrected chi connectivity index (χ4v) is 5.10. The van der Waals surface area contributed by atoms with Crippen molar-refractivity contribution >= 4 is 33.7 Å². The van der Waals surface area contributed by atoms with Crippen molar-refractivity contribution in [3.8, 4) is 22.8 Å². The van der Waals surface area contributed by atoms with Crippen molar-refractivity contribution in [3.05, 3.63) is 144 Å². The summed E-state index contributed by atoms with van der Waals surface area (Å²) in [5, 5.41) is 0. The summed E-state index contributed by atoms with van der Waals surface area (Å²) >= 11 is 0. The minimum atomic E-state index is 0.497. The molecule has 0 amide bonds. The van der Waals surface area contributed by atoms with Gasteiger partial charge < -0.3 is 21.4 Å². The molecule has 0 fully saturated rings. The number of aromatic amines is 2. The molecule has 8 heteroatoms. The van der Waals surface area contributed by atoms with Crippen LogP contribution < -0.4 is 11.5 Å². The van der Waals surface area contributed by atoms with Crippen LogP contribution in [0, 0.1) is 0 Å². The van der Waals surface area contributed by atoms with Crippen molar-refractivity contribution in [2.75, 3.05) is 0 Å². The number of H-pyrrole nitrogens is 2. The summed E-state index contributed by atoms with van der Waals surface area (Å²) in [6, 6.07) is 40.1. The molecule has 0 unspecified atom stereocenters. The van der Waals surface area contributed by atoms with Crippen molar-refractivity contribution in [2.24, 2.45) is 21.5 Å². The Bertz CT molecular complexity index is 1970. The van der Waals surface area contributed by atoms with E-state index in [1.54, 1.807) is 0 Å². The summed E-state index contributed by atoms with van der Waals surface area (Å²) in [7, 11) is 0. The lowest BCUT2D eigenvalue weighted by Gasteiger charge is -2.02. The molecule has 44 heavy (non-hydrogen) atoms. The fraction of sp³-hybridized carbons (Fsp3) is 0.0556. The first-order valence-corrected chi connectivity index (χ1v) is 14.4. The minimum absolute atomic E-state index is 0.497. The van der Waals surface area contributed by atoms with Gasteiger partial charge in [-0.15, -0.1) is 0 Å². The zero-order chi connectivity index (χ0) is 29.9. The lowest BCUT2D eigenvalue weighted by atomic mass is 10.1. The van der Waals surface area contributed by atoms with E-state index in [0.717, 1.165) is 67.1 Å². The van der Waals surface area contributed by atoms with Gasteiger partial charge >= 0.3 is 0 Å². The zero-order valence-electron chi connectivity index (χ0n) is 23.9. The predicted octanol–water partition coefficient (Wildman–Crippen LogP) is 6.58. The third-order valence-corrected chi connectivity index (χ3v) is 7.54. The third kappa shape index (κ3) is 5.69. The largest absolute Gasteiger partial charge is 0.383 e. The summed E-state index contributed by atoms with van der Waals surface area (Å²) in [5.41, 5.74) is 22.0. The number of hydrogen-bond acceptors (Lipinski definition) is 4. The second-order valence-electron chi connectivity index (χ2n) is 10.6. The molecule has 0 aliphatic rings. The highest BCUT2D eigenvalue weighted by Crippen LogP contribution is 2.26. The van der Waals surface area contributed by atoms with Gasteiger partial charge in [0.25, 0.3) is 0 Å². The lowest BCUT2D eigenvalue weighted by molar-refractivity contribution is 1.06. The molecule has 8 nitrogen and oxygen atoms in total. The number of benzene rings is 5. The van der Waals surface area contributed by atoms with E-state index in [4.69, 9.17) is 21.4 Å². The highest BCUT2D eigenvalue weighted by molar-refractivity contribution is 6.01. The van der Waals surface area contributed by atoms with Crippen LogP contribution in [0.15, 0.2) is 131 Å². The molecule has 2 aromatic heterocycles. The normalized spacial score (nSPS) is 12.3. The van der Waals surface area contributed by atoms with Crippen LogP contribution >= 0.6 is 0 Å². The smallest absolute Gasteiger partial charge is 0.138 e. The number of nitrogens with one attached hydrogen (secondary N) is 2. The van der Waals surface area contributed by atoms with Crippen LogP contribution in [0.2, 0.25) is 0 Å². The first-order chi connectivity index (χ1) is 21.6. The monoisotopic (exact) mass is 574 g/mol. The van der Waals surface area contributed by atoms with E-state index >= 15 is 0 Å². The van der Waals surface area contributed by atoms with Crippen molar-refractivity contribution in [2.45, 2.75) is 13.1 Å². The first-order valence-electron chi connectivity index (χ1n) is 14.4. The standard InChI is InChI=1S/C36H30N8/c37-33(39-21-23-7-3-1-4-8-23)27-15-17-29-31(19-27)43-35(41-29)25-11-13-26(14-12-25)36-42-30-18-16-28(20-32(30)44-36)34(38)40-22-24-9-5-2-6-10-24/h1-20H,21-22H2,(H2,37,39)(H2,38,40)(H,41,43)(H,42,44). The zero-order valence-corrected chi connectivity index (χ0v) is 23.9. The number of nitrogens with two attached hydrogens (primary N) is 2. The SMILES string of the molecule is NC(=NCc1ccccc1)c1ccc2nc(-c3ccc(-c4nc5ccc(C(N)=NCc6ccccc6)cc5[nH]4)cc3)[nH]c2c1. The number of nitrogens with zero attached hydrogens (tertiary/aromatic N) is 4. The van der Waals surface area contributed by atoms with E-state index in [2.05, 4.69) is 20.0 Å². The van der Waals surface area contributed by atoms with Gasteiger partial charge in [-0.05, 0) is 47.5 Å². The van der Waals surface area contributed by atoms with Crippen LogP contribution in [0.1, 0.15) is 22.3 Å². The molecular formula is C36H30N8. The highest BCUT2D eigenvalue weighted by atomic mass is 14.9. The van der Waals surface area contributed by atoms with E-state index in [0.29, 0.717) is 24.8 Å². The number of amidine groups is 2. The van der Waals surface area contributed by atoms with Crippen molar-refractivity contribution in [1.29, 1.82) is 0 Å². The molecule has 6 N–H and O–H groups in total. The van der Waals surface area contributed by atoms with E-state index in [1.807, 2.05) is 121 Å². The Labute approximate surface area is 254 Å². The molecule has 0 saturated heterocycles. The van der Waals surface area contributed by atoms with Gasteiger partial charge in [-0.2, -0.15) is 0 Å². The summed E-state index contributed by atoms with van der Waals surface area (Å²) < 4.78 is 0. The average molecular weight is 575 g/mol. The van der Waals surface area contributed by atoms with E-state index in [9.17, 15) is 0 Å². The number of hydrogen-bond donors (Lipinski definition) is 4. The number of fused-ring (bicyclic) bond motifs is 2. The Morgan fingerprint density at radius 2 is 0.932 bits per heavy atom. The Morgan fingerprint density at radius 3 is 1.34 bits per heavy atom. The number of rotatable bonds is 8. The van der Waals surface area contributed by atoms with Gasteiger partial charge in [0.1, 0.15) is 23.3 Å². The average Bonchev–Trinajstić information content (AvgIpc) is 3.71. The Kier molecular flexibility index (Phi) is 7.14. The molecule has 5 aromatic carbocycles. The summed E-state index contributed by atoms with van der Waals surface area (Å²) in [6.07, 6.45) is 0. The van der Waals surface area contributed by atoms with Gasteiger partial charge in [-0.1, -0.05) is 84.9 Å². The Hall–Kier alpha value is -6.02. The Morgan fingerprint density at radius 1 is 0.523 bits per heavy atom. The number of imidazole rings is 2. The molecule has 0 spiro atoms. The van der Waals surface area contributed by atoms with E-state index < -0.39 is 0 Å². The Balaban J connectivity index is 1.08. The van der Waals surface area contributed by atoms with Gasteiger partial charge in [0, 0.05) is 22.3 Å². The maximum Gasteiger partial charge on any atom is 0.138 e. The van der Waals surface area contributed by atoms with Gasteiger partial charge in [0.05, 0.1) is 35.2 Å². The van der Waals surface area contributed by atoms with Crippen LogP contribution in [0.4, 0.5) is 0 Å². The van der Waals surface area contributed by atoms with Crippen LogP contribution in [-0.4, -0.2) is 31.6 Å². The molecule has 0 saturated carbocycles. The molecule has 7 rings (SSSR count). The van der Waals surface area contributed by atoms with Gasteiger partial charge in [0.2, 0.25) is 0 Å². The quantitative estimate of drug-likeness (QED) is 0.120. The molecule has 0 aliphatic heterocycles. The molecule has 2 heterocycles. The second kappa shape index (κ2) is 11.7. The fourth-order valence-electron chi connectivity index (χ4n) is 5.10. The molecule has 0 radical (unpaired) electrons. The number of aromatic nitrogens is 4. The first kappa shape index (κ1) is 26.9. The van der Waals surface area contributed by atoms with Gasteiger partial charge in [0.15, 0.2) is 0 Å². The summed E-state index contributed by atoms with van der Waals surface area (Å²) in [4.78, 5) is 25.6. The van der Waals surface area contributed by atoms with Crippen molar-refractivity contribution in [1.82, 2.24) is 19.9 Å². The third-order valence-electron chi connectivity index (χ3n) is 7.54. The highest BCUT2D eigenvalue weighted by Gasteiger charge is 2.11. The van der Waals surface area contributed by atoms with Crippen LogP contribution in [-0.2, 0) is 13.1 Å². The lowest BCUT2D eigenvalue weighted by Crippen LogP contribution is -2.13. The van der Waals surface area contributed by atoms with E-state index in [-0.39, 0.29) is 0 Å². The van der Waals surface area contributed by atoms with Crippen molar-refractivity contribution in [3.63, 3.8) is 0 Å². The summed E-state index contributed by atoms with van der Waals surface area (Å²) in [6.45, 7) is 1.07.